The number of aromatic nitrogens is 2. The smallest absolute Gasteiger partial charge is 0.326 e. The second-order valence-corrected chi connectivity index (χ2v) is 5.56. The molecule has 0 aliphatic heterocycles. The van der Waals surface area contributed by atoms with Gasteiger partial charge in [0.2, 0.25) is 0 Å². The topological polar surface area (TPSA) is 114 Å². The standard InChI is InChI=1S/C19H14N4O4/c20-9-13-5-1-3-7-15(13)22-17(24)11-27-18(25)10-23-12-21-16-8-4-2-6-14(16)19(23)26/h1-8,12H,10-11H2,(H,22,24). The van der Waals surface area contributed by atoms with E-state index in [0.29, 0.717) is 22.2 Å². The number of carbonyl (C=O) groups excluding carboxylic acids is 2. The Morgan fingerprint density at radius 2 is 1.89 bits per heavy atom. The van der Waals surface area contributed by atoms with Crippen LogP contribution in [0.4, 0.5) is 5.69 Å². The zero-order chi connectivity index (χ0) is 19.2. The average Bonchev–Trinajstić information content (AvgIpc) is 2.69. The predicted molar refractivity (Wildman–Crippen MR) is 96.7 cm³/mol. The maximum absolute atomic E-state index is 12.3. The van der Waals surface area contributed by atoms with Gasteiger partial charge >= 0.3 is 5.97 Å². The molecule has 0 unspecified atom stereocenters. The van der Waals surface area contributed by atoms with Crippen LogP contribution in [0.5, 0.6) is 0 Å². The normalized spacial score (nSPS) is 10.2. The molecule has 0 radical (unpaired) electrons. The summed E-state index contributed by atoms with van der Waals surface area (Å²) in [6, 6.07) is 15.2. The number of benzene rings is 2. The van der Waals surface area contributed by atoms with E-state index in [-0.39, 0.29) is 12.1 Å². The molecule has 0 aliphatic carbocycles. The largest absolute Gasteiger partial charge is 0.454 e. The quantitative estimate of drug-likeness (QED) is 0.687. The van der Waals surface area contributed by atoms with Crippen molar-refractivity contribution in [2.24, 2.45) is 0 Å². The van der Waals surface area contributed by atoms with E-state index in [0.717, 1.165) is 4.57 Å². The number of nitrogens with zero attached hydrogens (tertiary/aromatic N) is 3. The first-order valence-corrected chi connectivity index (χ1v) is 7.97. The third kappa shape index (κ3) is 4.16. The molecule has 27 heavy (non-hydrogen) atoms. The highest BCUT2D eigenvalue weighted by Gasteiger charge is 2.12. The average molecular weight is 362 g/mol. The van der Waals surface area contributed by atoms with Crippen molar-refractivity contribution in [1.29, 1.82) is 5.26 Å². The number of hydrogen-bond donors (Lipinski definition) is 1. The van der Waals surface area contributed by atoms with Gasteiger partial charge in [-0.2, -0.15) is 5.26 Å². The number of rotatable bonds is 5. The molecular formula is C19H14N4O4. The summed E-state index contributed by atoms with van der Waals surface area (Å²) < 4.78 is 6.02. The van der Waals surface area contributed by atoms with Gasteiger partial charge in [0.25, 0.3) is 11.5 Å². The molecule has 0 aliphatic rings. The van der Waals surface area contributed by atoms with Crippen LogP contribution in [0.25, 0.3) is 10.9 Å². The summed E-state index contributed by atoms with van der Waals surface area (Å²) in [5, 5.41) is 11.9. The van der Waals surface area contributed by atoms with E-state index in [2.05, 4.69) is 10.3 Å². The molecule has 0 atom stereocenters. The summed E-state index contributed by atoms with van der Waals surface area (Å²) in [5.74, 6) is -1.34. The lowest BCUT2D eigenvalue weighted by molar-refractivity contribution is -0.147. The fourth-order valence-corrected chi connectivity index (χ4v) is 2.43. The van der Waals surface area contributed by atoms with E-state index in [9.17, 15) is 14.4 Å². The molecule has 0 saturated carbocycles. The molecule has 0 saturated heterocycles. The van der Waals surface area contributed by atoms with Crippen LogP contribution < -0.4 is 10.9 Å². The van der Waals surface area contributed by atoms with Crippen LogP contribution >= 0.6 is 0 Å². The molecule has 0 bridgehead atoms. The first kappa shape index (κ1) is 17.8. The monoisotopic (exact) mass is 362 g/mol. The Kier molecular flexibility index (Phi) is 5.23. The highest BCUT2D eigenvalue weighted by molar-refractivity contribution is 5.94. The number of fused-ring (bicyclic) bond motifs is 1. The first-order chi connectivity index (χ1) is 13.1. The molecule has 134 valence electrons. The zero-order valence-electron chi connectivity index (χ0n) is 14.1. The van der Waals surface area contributed by atoms with Gasteiger partial charge in [0.15, 0.2) is 6.61 Å². The molecule has 8 nitrogen and oxygen atoms in total. The minimum atomic E-state index is -0.752. The molecule has 3 rings (SSSR count). The maximum Gasteiger partial charge on any atom is 0.326 e. The van der Waals surface area contributed by atoms with Gasteiger partial charge in [-0.15, -0.1) is 0 Å². The maximum atomic E-state index is 12.3. The van der Waals surface area contributed by atoms with E-state index >= 15 is 0 Å². The van der Waals surface area contributed by atoms with Crippen molar-refractivity contribution in [2.75, 3.05) is 11.9 Å². The summed E-state index contributed by atoms with van der Waals surface area (Å²) in [7, 11) is 0. The van der Waals surface area contributed by atoms with Crippen molar-refractivity contribution < 1.29 is 14.3 Å². The minimum Gasteiger partial charge on any atom is -0.454 e. The van der Waals surface area contributed by atoms with Crippen molar-refractivity contribution in [2.45, 2.75) is 6.54 Å². The lowest BCUT2D eigenvalue weighted by Crippen LogP contribution is -2.28. The molecule has 8 heteroatoms. The van der Waals surface area contributed by atoms with Gasteiger partial charge in [-0.05, 0) is 24.3 Å². The molecule has 1 heterocycles. The summed E-state index contributed by atoms with van der Waals surface area (Å²) in [6.45, 7) is -0.896. The van der Waals surface area contributed by atoms with Crippen molar-refractivity contribution >= 4 is 28.5 Å². The number of nitriles is 1. The van der Waals surface area contributed by atoms with E-state index in [4.69, 9.17) is 10.00 Å². The lowest BCUT2D eigenvalue weighted by atomic mass is 10.2. The number of anilines is 1. The van der Waals surface area contributed by atoms with Crippen molar-refractivity contribution in [1.82, 2.24) is 9.55 Å². The summed E-state index contributed by atoms with van der Waals surface area (Å²) in [4.78, 5) is 40.3. The molecular weight excluding hydrogens is 348 g/mol. The van der Waals surface area contributed by atoms with Crippen molar-refractivity contribution in [3.05, 3.63) is 70.8 Å². The number of esters is 1. The molecule has 1 N–H and O–H groups in total. The number of para-hydroxylation sites is 2. The van der Waals surface area contributed by atoms with Crippen LogP contribution in [0, 0.1) is 11.3 Å². The molecule has 2 aromatic carbocycles. The lowest BCUT2D eigenvalue weighted by Gasteiger charge is -2.09. The molecule has 1 amide bonds. The van der Waals surface area contributed by atoms with Crippen LogP contribution in [0.2, 0.25) is 0 Å². The van der Waals surface area contributed by atoms with E-state index in [1.165, 1.54) is 6.33 Å². The van der Waals surface area contributed by atoms with Gasteiger partial charge in [-0.3, -0.25) is 19.0 Å². The molecule has 0 fully saturated rings. The van der Waals surface area contributed by atoms with Gasteiger partial charge in [-0.25, -0.2) is 4.98 Å². The summed E-state index contributed by atoms with van der Waals surface area (Å²) >= 11 is 0. The summed E-state index contributed by atoms with van der Waals surface area (Å²) in [5.41, 5.74) is 0.787. The van der Waals surface area contributed by atoms with Gasteiger partial charge in [-0.1, -0.05) is 24.3 Å². The number of ether oxygens (including phenoxy) is 1. The second kappa shape index (κ2) is 7.93. The van der Waals surface area contributed by atoms with Crippen LogP contribution in [0.3, 0.4) is 0 Å². The highest BCUT2D eigenvalue weighted by Crippen LogP contribution is 2.13. The Morgan fingerprint density at radius 1 is 1.15 bits per heavy atom. The number of nitrogens with one attached hydrogen (secondary N) is 1. The Labute approximate surface area is 153 Å². The van der Waals surface area contributed by atoms with Gasteiger partial charge < -0.3 is 10.1 Å². The van der Waals surface area contributed by atoms with E-state index in [1.54, 1.807) is 48.5 Å². The van der Waals surface area contributed by atoms with Crippen LogP contribution in [0.1, 0.15) is 5.56 Å². The van der Waals surface area contributed by atoms with Crippen molar-refractivity contribution in [3.63, 3.8) is 0 Å². The van der Waals surface area contributed by atoms with Crippen molar-refractivity contribution in [3.8, 4) is 6.07 Å². The summed E-state index contributed by atoms with van der Waals surface area (Å²) in [6.07, 6.45) is 1.26. The van der Waals surface area contributed by atoms with Crippen LogP contribution in [-0.2, 0) is 20.9 Å². The third-order valence-electron chi connectivity index (χ3n) is 3.72. The van der Waals surface area contributed by atoms with Gasteiger partial charge in [0, 0.05) is 0 Å². The Hall–Kier alpha value is -3.99. The molecule has 1 aromatic heterocycles. The van der Waals surface area contributed by atoms with E-state index < -0.39 is 18.5 Å². The Balaban J connectivity index is 1.60. The number of carbonyl (C=O) groups is 2. The Morgan fingerprint density at radius 3 is 2.70 bits per heavy atom. The van der Waals surface area contributed by atoms with Gasteiger partial charge in [0.1, 0.15) is 12.6 Å². The number of hydrogen-bond acceptors (Lipinski definition) is 6. The second-order valence-electron chi connectivity index (χ2n) is 5.56. The number of amides is 1. The minimum absolute atomic E-state index is 0.297. The molecule has 0 spiro atoms. The highest BCUT2D eigenvalue weighted by atomic mass is 16.5. The van der Waals surface area contributed by atoms with Gasteiger partial charge in [0.05, 0.1) is 28.5 Å². The molecule has 3 aromatic rings. The van der Waals surface area contributed by atoms with Crippen LogP contribution in [0.15, 0.2) is 59.7 Å². The SMILES string of the molecule is N#Cc1ccccc1NC(=O)COC(=O)Cn1cnc2ccccc2c1=O. The van der Waals surface area contributed by atoms with E-state index in [1.807, 2.05) is 6.07 Å². The third-order valence-corrected chi connectivity index (χ3v) is 3.72. The first-order valence-electron chi connectivity index (χ1n) is 7.97. The fraction of sp³-hybridized carbons (Fsp3) is 0.105. The van der Waals surface area contributed by atoms with Crippen LogP contribution in [-0.4, -0.2) is 28.0 Å². The Bertz CT molecular complexity index is 1110. The zero-order valence-corrected chi connectivity index (χ0v) is 14.1. The fourth-order valence-electron chi connectivity index (χ4n) is 2.43. The predicted octanol–water partition coefficient (Wildman–Crippen LogP) is 1.45.